The third-order valence-electron chi connectivity index (χ3n) is 5.71. The molecule has 0 spiro atoms. The van der Waals surface area contributed by atoms with Gasteiger partial charge in [0.05, 0.1) is 5.56 Å². The van der Waals surface area contributed by atoms with Gasteiger partial charge in [-0.3, -0.25) is 4.79 Å². The fourth-order valence-electron chi connectivity index (χ4n) is 4.05. The molecule has 2 aliphatic heterocycles. The van der Waals surface area contributed by atoms with Crippen molar-refractivity contribution in [1.82, 2.24) is 14.2 Å². The van der Waals surface area contributed by atoms with Crippen LogP contribution in [0.2, 0.25) is 0 Å². The van der Waals surface area contributed by atoms with E-state index in [2.05, 4.69) is 9.88 Å². The molecule has 1 amide bonds. The molecule has 31 heavy (non-hydrogen) atoms. The third-order valence-corrected chi connectivity index (χ3v) is 7.64. The predicted octanol–water partition coefficient (Wildman–Crippen LogP) is 2.50. The van der Waals surface area contributed by atoms with E-state index < -0.39 is 26.6 Å². The number of aromatic nitrogens is 1. The second kappa shape index (κ2) is 8.88. The zero-order valence-corrected chi connectivity index (χ0v) is 17.8. The molecular formula is C21H24F2N4O3S. The summed E-state index contributed by atoms with van der Waals surface area (Å²) >= 11 is 0. The first-order chi connectivity index (χ1) is 14.9. The van der Waals surface area contributed by atoms with E-state index in [-0.39, 0.29) is 32.1 Å². The number of anilines is 1. The Morgan fingerprint density at radius 2 is 1.65 bits per heavy atom. The van der Waals surface area contributed by atoms with Crippen molar-refractivity contribution in [2.75, 3.05) is 44.2 Å². The minimum absolute atomic E-state index is 0.0319. The van der Waals surface area contributed by atoms with Gasteiger partial charge in [0, 0.05) is 51.5 Å². The summed E-state index contributed by atoms with van der Waals surface area (Å²) in [5, 5.41) is 0. The van der Waals surface area contributed by atoms with Crippen molar-refractivity contribution in [3.05, 3.63) is 53.7 Å². The fourth-order valence-corrected chi connectivity index (χ4v) is 5.51. The zero-order chi connectivity index (χ0) is 22.0. The van der Waals surface area contributed by atoms with Crippen molar-refractivity contribution in [2.45, 2.75) is 24.2 Å². The number of carbonyl (C=O) groups excluding carboxylic acids is 1. The predicted molar refractivity (Wildman–Crippen MR) is 111 cm³/mol. The first-order valence-corrected chi connectivity index (χ1v) is 11.8. The van der Waals surface area contributed by atoms with Crippen LogP contribution in [0.5, 0.6) is 0 Å². The van der Waals surface area contributed by atoms with E-state index >= 15 is 0 Å². The molecule has 1 aromatic carbocycles. The number of halogens is 2. The minimum Gasteiger partial charge on any atom is -0.356 e. The lowest BCUT2D eigenvalue weighted by molar-refractivity contribution is 0.0698. The minimum atomic E-state index is -4.12. The Balaban J connectivity index is 1.47. The Morgan fingerprint density at radius 3 is 2.32 bits per heavy atom. The zero-order valence-electron chi connectivity index (χ0n) is 17.0. The quantitative estimate of drug-likeness (QED) is 0.716. The standard InChI is InChI=1S/C21H24F2N4O3S/c22-16-6-7-19(18(23)15-16)31(29,30)27-13-11-26(12-14-27)21(28)17-5-4-8-24-20(17)25-9-2-1-3-10-25/h4-8,15H,1-3,9-14H2. The summed E-state index contributed by atoms with van der Waals surface area (Å²) in [4.78, 5) is 20.8. The first-order valence-electron chi connectivity index (χ1n) is 10.3. The van der Waals surface area contributed by atoms with Crippen LogP contribution >= 0.6 is 0 Å². The van der Waals surface area contributed by atoms with Crippen molar-refractivity contribution >= 4 is 21.7 Å². The van der Waals surface area contributed by atoms with Crippen LogP contribution in [0.1, 0.15) is 29.6 Å². The van der Waals surface area contributed by atoms with E-state index in [1.54, 1.807) is 23.2 Å². The normalized spacial score (nSPS) is 18.3. The number of piperidine rings is 1. The number of sulfonamides is 1. The number of carbonyl (C=O) groups is 1. The average Bonchev–Trinajstić information content (AvgIpc) is 2.79. The van der Waals surface area contributed by atoms with Crippen molar-refractivity contribution < 1.29 is 22.0 Å². The molecule has 0 N–H and O–H groups in total. The summed E-state index contributed by atoms with van der Waals surface area (Å²) in [5.41, 5.74) is 0.505. The van der Waals surface area contributed by atoms with E-state index in [0.717, 1.165) is 48.8 Å². The summed E-state index contributed by atoms with van der Waals surface area (Å²) in [6.45, 7) is 2.12. The van der Waals surface area contributed by atoms with Crippen LogP contribution in [0.25, 0.3) is 0 Å². The molecule has 0 saturated carbocycles. The molecule has 2 fully saturated rings. The monoisotopic (exact) mass is 450 g/mol. The number of amides is 1. The Labute approximate surface area is 180 Å². The summed E-state index contributed by atoms with van der Waals surface area (Å²) in [5.74, 6) is -1.50. The molecule has 2 aliphatic rings. The van der Waals surface area contributed by atoms with Gasteiger partial charge in [-0.1, -0.05) is 0 Å². The lowest BCUT2D eigenvalue weighted by Crippen LogP contribution is -2.50. The SMILES string of the molecule is O=C(c1cccnc1N1CCCCC1)N1CCN(S(=O)(=O)c2ccc(F)cc2F)CC1. The number of pyridine rings is 1. The highest BCUT2D eigenvalue weighted by Gasteiger charge is 2.33. The lowest BCUT2D eigenvalue weighted by atomic mass is 10.1. The van der Waals surface area contributed by atoms with Gasteiger partial charge >= 0.3 is 0 Å². The Bertz CT molecular complexity index is 1070. The summed E-state index contributed by atoms with van der Waals surface area (Å²) in [6.07, 6.45) is 4.95. The molecule has 0 bridgehead atoms. The van der Waals surface area contributed by atoms with Gasteiger partial charge in [-0.05, 0) is 43.5 Å². The van der Waals surface area contributed by atoms with Crippen molar-refractivity contribution in [3.8, 4) is 0 Å². The topological polar surface area (TPSA) is 73.8 Å². The maximum atomic E-state index is 14.0. The van der Waals surface area contributed by atoms with Gasteiger partial charge < -0.3 is 9.80 Å². The van der Waals surface area contributed by atoms with Crippen molar-refractivity contribution in [3.63, 3.8) is 0 Å². The Kier molecular flexibility index (Phi) is 6.19. The van der Waals surface area contributed by atoms with E-state index in [4.69, 9.17) is 0 Å². The smallest absolute Gasteiger partial charge is 0.257 e. The van der Waals surface area contributed by atoms with Gasteiger partial charge in [0.15, 0.2) is 0 Å². The summed E-state index contributed by atoms with van der Waals surface area (Å²) in [6, 6.07) is 5.87. The molecule has 1 aromatic heterocycles. The molecular weight excluding hydrogens is 426 g/mol. The summed E-state index contributed by atoms with van der Waals surface area (Å²) in [7, 11) is -4.12. The number of rotatable bonds is 4. The number of hydrogen-bond acceptors (Lipinski definition) is 5. The molecule has 3 heterocycles. The summed E-state index contributed by atoms with van der Waals surface area (Å²) < 4.78 is 53.8. The van der Waals surface area contributed by atoms with Gasteiger partial charge in [-0.25, -0.2) is 22.2 Å². The highest BCUT2D eigenvalue weighted by atomic mass is 32.2. The van der Waals surface area contributed by atoms with E-state index in [0.29, 0.717) is 17.4 Å². The molecule has 2 aromatic rings. The number of hydrogen-bond donors (Lipinski definition) is 0. The molecule has 2 saturated heterocycles. The molecule has 0 unspecified atom stereocenters. The maximum absolute atomic E-state index is 14.0. The largest absolute Gasteiger partial charge is 0.356 e. The molecule has 0 radical (unpaired) electrons. The number of nitrogens with zero attached hydrogens (tertiary/aromatic N) is 4. The van der Waals surface area contributed by atoms with Gasteiger partial charge in [0.1, 0.15) is 22.3 Å². The third kappa shape index (κ3) is 4.40. The molecule has 166 valence electrons. The highest BCUT2D eigenvalue weighted by Crippen LogP contribution is 2.25. The van der Waals surface area contributed by atoms with Crippen LogP contribution in [-0.4, -0.2) is 67.8 Å². The molecule has 0 atom stereocenters. The van der Waals surface area contributed by atoms with Crippen LogP contribution in [0.4, 0.5) is 14.6 Å². The van der Waals surface area contributed by atoms with Crippen molar-refractivity contribution in [1.29, 1.82) is 0 Å². The highest BCUT2D eigenvalue weighted by molar-refractivity contribution is 7.89. The van der Waals surface area contributed by atoms with E-state index in [9.17, 15) is 22.0 Å². The number of benzene rings is 1. The van der Waals surface area contributed by atoms with Gasteiger partial charge in [0.2, 0.25) is 10.0 Å². The number of piperazine rings is 1. The van der Waals surface area contributed by atoms with Gasteiger partial charge in [-0.15, -0.1) is 0 Å². The fraction of sp³-hybridized carbons (Fsp3) is 0.429. The maximum Gasteiger partial charge on any atom is 0.257 e. The van der Waals surface area contributed by atoms with E-state index in [1.165, 1.54) is 0 Å². The average molecular weight is 451 g/mol. The van der Waals surface area contributed by atoms with Gasteiger partial charge in [0.25, 0.3) is 5.91 Å². The van der Waals surface area contributed by atoms with Crippen molar-refractivity contribution in [2.24, 2.45) is 0 Å². The van der Waals surface area contributed by atoms with Crippen LogP contribution < -0.4 is 4.90 Å². The molecule has 10 heteroatoms. The van der Waals surface area contributed by atoms with Crippen LogP contribution in [-0.2, 0) is 10.0 Å². The molecule has 7 nitrogen and oxygen atoms in total. The van der Waals surface area contributed by atoms with Gasteiger partial charge in [-0.2, -0.15) is 4.31 Å². The molecule has 4 rings (SSSR count). The Hall–Kier alpha value is -2.59. The van der Waals surface area contributed by atoms with Crippen LogP contribution in [0.3, 0.4) is 0 Å². The molecule has 0 aliphatic carbocycles. The lowest BCUT2D eigenvalue weighted by Gasteiger charge is -2.35. The second-order valence-electron chi connectivity index (χ2n) is 7.69. The van der Waals surface area contributed by atoms with E-state index in [1.807, 2.05) is 0 Å². The first kappa shape index (κ1) is 21.6. The van der Waals surface area contributed by atoms with Crippen LogP contribution in [0.15, 0.2) is 41.4 Å². The Morgan fingerprint density at radius 1 is 0.935 bits per heavy atom. The van der Waals surface area contributed by atoms with Crippen LogP contribution in [0, 0.1) is 11.6 Å². The second-order valence-corrected chi connectivity index (χ2v) is 9.60.